The molecule has 0 aliphatic heterocycles. The fraction of sp³-hybridized carbons (Fsp3) is 0. The number of fused-ring (bicyclic) bond motifs is 1. The van der Waals surface area contributed by atoms with Gasteiger partial charge in [0.15, 0.2) is 11.4 Å². The van der Waals surface area contributed by atoms with Gasteiger partial charge in [0.05, 0.1) is 9.95 Å². The molecule has 1 amide bonds. The van der Waals surface area contributed by atoms with Crippen LogP contribution >= 0.6 is 23.2 Å². The van der Waals surface area contributed by atoms with Crippen molar-refractivity contribution in [3.63, 3.8) is 0 Å². The van der Waals surface area contributed by atoms with E-state index in [1.54, 1.807) is 0 Å². The highest BCUT2D eigenvalue weighted by Gasteiger charge is 2.13. The van der Waals surface area contributed by atoms with Gasteiger partial charge in [-0.05, 0) is 30.3 Å². The van der Waals surface area contributed by atoms with Crippen LogP contribution in [0.1, 0.15) is 15.9 Å². The molecule has 28 heavy (non-hydrogen) atoms. The number of nitro benzene ring substituents is 1. The Balaban J connectivity index is 1.87. The van der Waals surface area contributed by atoms with Gasteiger partial charge in [0.1, 0.15) is 5.56 Å². The molecule has 0 unspecified atom stereocenters. The molecule has 0 radical (unpaired) electrons. The Bertz CT molecular complexity index is 1190. The molecule has 0 aliphatic rings. The Kier molecular flexibility index (Phi) is 5.30. The summed E-state index contributed by atoms with van der Waals surface area (Å²) in [7, 11) is 0. The van der Waals surface area contributed by atoms with E-state index in [1.165, 1.54) is 42.5 Å². The summed E-state index contributed by atoms with van der Waals surface area (Å²) in [5.74, 6) is -0.976. The predicted octanol–water partition coefficient (Wildman–Crippen LogP) is 3.06. The van der Waals surface area contributed by atoms with Crippen LogP contribution in [0.5, 0.6) is 0 Å². The number of hydrazone groups is 1. The van der Waals surface area contributed by atoms with E-state index >= 15 is 0 Å². The first kappa shape index (κ1) is 19.3. The number of carbonyl (C=O) groups excluding carboxylic acids is 1. The third-order valence-electron chi connectivity index (χ3n) is 3.65. The molecule has 1 heterocycles. The maximum Gasteiger partial charge on any atom is 0.347 e. The summed E-state index contributed by atoms with van der Waals surface area (Å²) in [6.45, 7) is 0. The highest BCUT2D eigenvalue weighted by atomic mass is 35.5. The Morgan fingerprint density at radius 3 is 2.50 bits per heavy atom. The van der Waals surface area contributed by atoms with Crippen molar-refractivity contribution in [3.05, 3.63) is 84.2 Å². The lowest BCUT2D eigenvalue weighted by molar-refractivity contribution is -0.384. The number of nitrogens with zero attached hydrogens (tertiary/aromatic N) is 2. The first-order valence-electron chi connectivity index (χ1n) is 7.57. The SMILES string of the molecule is N/C(=N\NC(=O)c1ccc([N+](=O)[O-])cc1)c1cc2cc(Cl)cc(Cl)c2oc1=O. The number of carbonyl (C=O) groups is 1. The van der Waals surface area contributed by atoms with Gasteiger partial charge in [-0.1, -0.05) is 23.2 Å². The van der Waals surface area contributed by atoms with Gasteiger partial charge in [-0.3, -0.25) is 14.9 Å². The highest BCUT2D eigenvalue weighted by Crippen LogP contribution is 2.27. The van der Waals surface area contributed by atoms with E-state index in [4.69, 9.17) is 33.4 Å². The van der Waals surface area contributed by atoms with E-state index in [-0.39, 0.29) is 33.3 Å². The van der Waals surface area contributed by atoms with E-state index in [0.717, 1.165) is 0 Å². The number of benzene rings is 2. The Hall–Kier alpha value is -3.43. The van der Waals surface area contributed by atoms with Gasteiger partial charge < -0.3 is 10.2 Å². The molecule has 0 fully saturated rings. The van der Waals surface area contributed by atoms with Gasteiger partial charge in [0, 0.05) is 28.1 Å². The molecule has 3 N–H and O–H groups in total. The fourth-order valence-electron chi connectivity index (χ4n) is 2.31. The van der Waals surface area contributed by atoms with Crippen LogP contribution in [0.15, 0.2) is 56.8 Å². The molecule has 0 aliphatic carbocycles. The van der Waals surface area contributed by atoms with Gasteiger partial charge in [0.2, 0.25) is 0 Å². The molecule has 9 nitrogen and oxygen atoms in total. The molecule has 0 saturated carbocycles. The van der Waals surface area contributed by atoms with Crippen LogP contribution in [0.25, 0.3) is 11.0 Å². The summed E-state index contributed by atoms with van der Waals surface area (Å²) in [4.78, 5) is 34.2. The second kappa shape index (κ2) is 7.67. The van der Waals surface area contributed by atoms with E-state index in [1.807, 2.05) is 0 Å². The smallest absolute Gasteiger partial charge is 0.347 e. The molecule has 3 aromatic rings. The van der Waals surface area contributed by atoms with Crippen LogP contribution in [0.3, 0.4) is 0 Å². The average molecular weight is 421 g/mol. The first-order chi connectivity index (χ1) is 13.3. The molecule has 0 saturated heterocycles. The van der Waals surface area contributed by atoms with Crippen molar-refractivity contribution < 1.29 is 14.1 Å². The standard InChI is InChI=1S/C17H10Cl2N4O5/c18-10-5-9-6-12(17(25)28-14(9)13(19)7-10)15(20)21-22-16(24)8-1-3-11(4-2-8)23(26)27/h1-7H,(H2,20,21)(H,22,24). The molecule has 0 atom stereocenters. The number of nitrogens with one attached hydrogen (secondary N) is 1. The molecule has 11 heteroatoms. The molecular formula is C17H10Cl2N4O5. The average Bonchev–Trinajstić information content (AvgIpc) is 2.66. The Labute approximate surface area is 166 Å². The van der Waals surface area contributed by atoms with Crippen LogP contribution in [0.4, 0.5) is 5.69 Å². The minimum absolute atomic E-state index is 0.102. The lowest BCUT2D eigenvalue weighted by Gasteiger charge is -2.05. The molecule has 1 aromatic heterocycles. The number of rotatable bonds is 4. The zero-order valence-corrected chi connectivity index (χ0v) is 15.3. The molecule has 2 aromatic carbocycles. The fourth-order valence-corrected chi connectivity index (χ4v) is 2.85. The lowest BCUT2D eigenvalue weighted by atomic mass is 10.2. The predicted molar refractivity (Wildman–Crippen MR) is 104 cm³/mol. The topological polar surface area (TPSA) is 141 Å². The largest absolute Gasteiger partial charge is 0.421 e. The maximum atomic E-state index is 12.1. The summed E-state index contributed by atoms with van der Waals surface area (Å²) >= 11 is 11.9. The van der Waals surface area contributed by atoms with E-state index in [9.17, 15) is 19.7 Å². The van der Waals surface area contributed by atoms with Gasteiger partial charge in [0.25, 0.3) is 11.6 Å². The number of non-ortho nitro benzene ring substituents is 1. The first-order valence-corrected chi connectivity index (χ1v) is 8.33. The van der Waals surface area contributed by atoms with Crippen LogP contribution in [0, 0.1) is 10.1 Å². The molecule has 0 spiro atoms. The third kappa shape index (κ3) is 3.95. The summed E-state index contributed by atoms with van der Waals surface area (Å²) in [6, 6.07) is 9.20. The minimum Gasteiger partial charge on any atom is -0.421 e. The number of halogens is 2. The van der Waals surface area contributed by atoms with Crippen LogP contribution in [0.2, 0.25) is 10.0 Å². The number of nitrogens with two attached hydrogens (primary N) is 1. The van der Waals surface area contributed by atoms with Crippen LogP contribution in [-0.4, -0.2) is 16.7 Å². The lowest BCUT2D eigenvalue weighted by Crippen LogP contribution is -2.27. The number of amidine groups is 1. The van der Waals surface area contributed by atoms with Crippen molar-refractivity contribution in [1.82, 2.24) is 5.43 Å². The zero-order chi connectivity index (χ0) is 20.4. The highest BCUT2D eigenvalue weighted by molar-refractivity contribution is 6.38. The van der Waals surface area contributed by atoms with Crippen LogP contribution < -0.4 is 16.8 Å². The zero-order valence-electron chi connectivity index (χ0n) is 13.8. The summed E-state index contributed by atoms with van der Waals surface area (Å²) in [5, 5.41) is 15.2. The van der Waals surface area contributed by atoms with Crippen molar-refractivity contribution >= 4 is 51.6 Å². The second-order valence-electron chi connectivity index (χ2n) is 5.50. The van der Waals surface area contributed by atoms with Gasteiger partial charge in [-0.2, -0.15) is 5.10 Å². The Morgan fingerprint density at radius 1 is 1.18 bits per heavy atom. The van der Waals surface area contributed by atoms with Gasteiger partial charge >= 0.3 is 5.63 Å². The monoisotopic (exact) mass is 420 g/mol. The Morgan fingerprint density at radius 2 is 1.86 bits per heavy atom. The normalized spacial score (nSPS) is 11.4. The summed E-state index contributed by atoms with van der Waals surface area (Å²) in [6.07, 6.45) is 0. The van der Waals surface area contributed by atoms with Crippen molar-refractivity contribution in [2.45, 2.75) is 0 Å². The van der Waals surface area contributed by atoms with Gasteiger partial charge in [-0.25, -0.2) is 10.2 Å². The second-order valence-corrected chi connectivity index (χ2v) is 6.34. The van der Waals surface area contributed by atoms with E-state index in [0.29, 0.717) is 10.4 Å². The number of amides is 1. The number of hydrogen-bond acceptors (Lipinski definition) is 6. The number of hydrogen-bond donors (Lipinski definition) is 2. The quantitative estimate of drug-likeness (QED) is 0.218. The number of nitro groups is 1. The summed E-state index contributed by atoms with van der Waals surface area (Å²) in [5.41, 5.74) is 7.13. The minimum atomic E-state index is -0.803. The van der Waals surface area contributed by atoms with Crippen molar-refractivity contribution in [1.29, 1.82) is 0 Å². The summed E-state index contributed by atoms with van der Waals surface area (Å²) < 4.78 is 5.14. The van der Waals surface area contributed by atoms with Crippen molar-refractivity contribution in [2.24, 2.45) is 10.8 Å². The third-order valence-corrected chi connectivity index (χ3v) is 4.14. The van der Waals surface area contributed by atoms with Crippen molar-refractivity contribution in [3.8, 4) is 0 Å². The van der Waals surface area contributed by atoms with Gasteiger partial charge in [-0.15, -0.1) is 0 Å². The van der Waals surface area contributed by atoms with Crippen LogP contribution in [-0.2, 0) is 0 Å². The molecular weight excluding hydrogens is 411 g/mol. The molecule has 0 bridgehead atoms. The molecule has 3 rings (SSSR count). The van der Waals surface area contributed by atoms with E-state index in [2.05, 4.69) is 10.5 Å². The molecule has 142 valence electrons. The van der Waals surface area contributed by atoms with Crippen molar-refractivity contribution in [2.75, 3.05) is 0 Å². The maximum absolute atomic E-state index is 12.1. The van der Waals surface area contributed by atoms with E-state index < -0.39 is 16.5 Å².